The van der Waals surface area contributed by atoms with E-state index in [1.807, 2.05) is 36.4 Å². The van der Waals surface area contributed by atoms with Crippen molar-refractivity contribution in [3.63, 3.8) is 0 Å². The molecule has 4 aromatic rings. The lowest BCUT2D eigenvalue weighted by Gasteiger charge is -2.12. The van der Waals surface area contributed by atoms with E-state index in [9.17, 15) is 9.59 Å². The number of amides is 1. The first kappa shape index (κ1) is 20.7. The maximum atomic E-state index is 13.0. The molecule has 0 fully saturated rings. The number of hydrogen-bond donors (Lipinski definition) is 1. The zero-order chi connectivity index (χ0) is 21.6. The third kappa shape index (κ3) is 4.95. The van der Waals surface area contributed by atoms with Crippen molar-refractivity contribution in [1.29, 1.82) is 0 Å². The minimum absolute atomic E-state index is 0.190. The molecule has 1 heterocycles. The Morgan fingerprint density at radius 3 is 2.26 bits per heavy atom. The van der Waals surface area contributed by atoms with E-state index in [4.69, 9.17) is 0 Å². The molecule has 0 saturated heterocycles. The number of hydrogen-bond acceptors (Lipinski definition) is 4. The molecule has 1 aromatic heterocycles. The average molecular weight is 475 g/mol. The highest BCUT2D eigenvalue weighted by Crippen LogP contribution is 2.18. The maximum absolute atomic E-state index is 13.0. The lowest BCUT2D eigenvalue weighted by Crippen LogP contribution is -2.25. The number of carbonyl (C=O) groups excluding carboxylic acids is 2. The van der Waals surface area contributed by atoms with Crippen LogP contribution >= 0.6 is 15.9 Å². The Kier molecular flexibility index (Phi) is 6.33. The van der Waals surface area contributed by atoms with Gasteiger partial charge in [-0.3, -0.25) is 9.59 Å². The van der Waals surface area contributed by atoms with Gasteiger partial charge in [0.05, 0.1) is 12.1 Å². The van der Waals surface area contributed by atoms with Gasteiger partial charge in [0.25, 0.3) is 5.91 Å². The fraction of sp³-hybridized carbons (Fsp3) is 0.0833. The van der Waals surface area contributed by atoms with Crippen molar-refractivity contribution < 1.29 is 9.59 Å². The lowest BCUT2D eigenvalue weighted by atomic mass is 9.98. The Bertz CT molecular complexity index is 1200. The molecule has 4 rings (SSSR count). The van der Waals surface area contributed by atoms with Crippen molar-refractivity contribution in [1.82, 2.24) is 20.1 Å². The summed E-state index contributed by atoms with van der Waals surface area (Å²) in [5.74, 6) is -0.485. The summed E-state index contributed by atoms with van der Waals surface area (Å²) in [5.41, 5.74) is 3.26. The minimum atomic E-state index is -0.295. The van der Waals surface area contributed by atoms with Crippen molar-refractivity contribution in [2.75, 3.05) is 0 Å². The molecule has 154 valence electrons. The second-order valence-electron chi connectivity index (χ2n) is 6.93. The first-order valence-electron chi connectivity index (χ1n) is 9.68. The molecular weight excluding hydrogens is 456 g/mol. The summed E-state index contributed by atoms with van der Waals surface area (Å²) in [4.78, 5) is 29.9. The van der Waals surface area contributed by atoms with Crippen LogP contribution in [-0.2, 0) is 13.1 Å². The number of aromatic nitrogens is 3. The molecule has 1 amide bonds. The number of benzene rings is 3. The Balaban J connectivity index is 1.52. The summed E-state index contributed by atoms with van der Waals surface area (Å²) in [7, 11) is 0. The first-order chi connectivity index (χ1) is 15.1. The van der Waals surface area contributed by atoms with Crippen LogP contribution in [0.3, 0.4) is 0 Å². The van der Waals surface area contributed by atoms with Gasteiger partial charge < -0.3 is 5.32 Å². The quantitative estimate of drug-likeness (QED) is 0.406. The van der Waals surface area contributed by atoms with Gasteiger partial charge in [0.1, 0.15) is 12.7 Å². The fourth-order valence-corrected chi connectivity index (χ4v) is 3.54. The van der Waals surface area contributed by atoms with Crippen LogP contribution in [-0.4, -0.2) is 26.5 Å². The van der Waals surface area contributed by atoms with Crippen LogP contribution in [0.4, 0.5) is 0 Å². The van der Waals surface area contributed by atoms with Crippen molar-refractivity contribution in [2.24, 2.45) is 0 Å². The molecule has 0 unspecified atom stereocenters. The van der Waals surface area contributed by atoms with E-state index in [1.165, 1.54) is 6.33 Å². The molecule has 1 N–H and O–H groups in total. The molecule has 0 atom stereocenters. The van der Waals surface area contributed by atoms with Gasteiger partial charge in [-0.15, -0.1) is 0 Å². The molecule has 0 bridgehead atoms. The highest BCUT2D eigenvalue weighted by molar-refractivity contribution is 9.10. The second kappa shape index (κ2) is 9.49. The van der Waals surface area contributed by atoms with Gasteiger partial charge in [-0.2, -0.15) is 5.10 Å². The predicted molar refractivity (Wildman–Crippen MR) is 121 cm³/mol. The van der Waals surface area contributed by atoms with E-state index in [-0.39, 0.29) is 11.7 Å². The number of nitrogens with one attached hydrogen (secondary N) is 1. The number of nitrogens with zero attached hydrogens (tertiary/aromatic N) is 3. The molecule has 0 aliphatic heterocycles. The number of rotatable bonds is 7. The van der Waals surface area contributed by atoms with E-state index in [0.29, 0.717) is 29.8 Å². The van der Waals surface area contributed by atoms with Crippen LogP contribution in [0.25, 0.3) is 0 Å². The number of carbonyl (C=O) groups is 2. The van der Waals surface area contributed by atoms with Crippen LogP contribution in [0.15, 0.2) is 89.9 Å². The molecule has 0 saturated carbocycles. The Labute approximate surface area is 188 Å². The van der Waals surface area contributed by atoms with E-state index in [0.717, 1.165) is 15.6 Å². The topological polar surface area (TPSA) is 76.9 Å². The van der Waals surface area contributed by atoms with Gasteiger partial charge >= 0.3 is 0 Å². The molecule has 0 spiro atoms. The largest absolute Gasteiger partial charge is 0.348 e. The van der Waals surface area contributed by atoms with Crippen molar-refractivity contribution in [3.05, 3.63) is 118 Å². The van der Waals surface area contributed by atoms with Crippen LogP contribution in [0.5, 0.6) is 0 Å². The van der Waals surface area contributed by atoms with Crippen LogP contribution in [0.1, 0.15) is 37.4 Å². The minimum Gasteiger partial charge on any atom is -0.348 e. The monoisotopic (exact) mass is 474 g/mol. The van der Waals surface area contributed by atoms with E-state index >= 15 is 0 Å². The van der Waals surface area contributed by atoms with Crippen molar-refractivity contribution in [2.45, 2.75) is 13.1 Å². The molecule has 3 aromatic carbocycles. The summed E-state index contributed by atoms with van der Waals surface area (Å²) in [6.45, 7) is 0.898. The molecule has 7 heteroatoms. The number of ketones is 1. The molecule has 0 aliphatic rings. The molecule has 0 aliphatic carbocycles. The Hall–Kier alpha value is -3.58. The smallest absolute Gasteiger partial charge is 0.252 e. The Morgan fingerprint density at radius 2 is 1.55 bits per heavy atom. The lowest BCUT2D eigenvalue weighted by molar-refractivity contribution is 0.0939. The molecule has 31 heavy (non-hydrogen) atoms. The first-order valence-corrected chi connectivity index (χ1v) is 10.5. The second-order valence-corrected chi connectivity index (χ2v) is 7.84. The van der Waals surface area contributed by atoms with Crippen LogP contribution in [0.2, 0.25) is 0 Å². The summed E-state index contributed by atoms with van der Waals surface area (Å²) in [5, 5.41) is 7.09. The standard InChI is InChI=1S/C24H19BrN4O2/c25-20-11-9-17(10-12-20)23(30)21-7-3-4-8-22(21)24(31)27-13-18-5-1-2-6-19(18)14-29-16-26-15-28-29/h1-12,15-16H,13-14H2,(H,27,31). The average Bonchev–Trinajstić information content (AvgIpc) is 3.31. The molecular formula is C24H19BrN4O2. The van der Waals surface area contributed by atoms with E-state index in [2.05, 4.69) is 31.3 Å². The highest BCUT2D eigenvalue weighted by atomic mass is 79.9. The maximum Gasteiger partial charge on any atom is 0.252 e. The van der Waals surface area contributed by atoms with Gasteiger partial charge in [-0.05, 0) is 41.5 Å². The normalized spacial score (nSPS) is 10.6. The zero-order valence-electron chi connectivity index (χ0n) is 16.5. The predicted octanol–water partition coefficient (Wildman–Crippen LogP) is 4.25. The third-order valence-electron chi connectivity index (χ3n) is 4.88. The SMILES string of the molecule is O=C(NCc1ccccc1Cn1cncn1)c1ccccc1C(=O)c1ccc(Br)cc1. The van der Waals surface area contributed by atoms with Crippen molar-refractivity contribution >= 4 is 27.6 Å². The van der Waals surface area contributed by atoms with E-state index in [1.54, 1.807) is 47.4 Å². The highest BCUT2D eigenvalue weighted by Gasteiger charge is 2.18. The van der Waals surface area contributed by atoms with Gasteiger partial charge in [0.2, 0.25) is 0 Å². The van der Waals surface area contributed by atoms with Crippen LogP contribution < -0.4 is 5.32 Å². The third-order valence-corrected chi connectivity index (χ3v) is 5.41. The van der Waals surface area contributed by atoms with Gasteiger partial charge in [-0.25, -0.2) is 9.67 Å². The summed E-state index contributed by atoms with van der Waals surface area (Å²) in [6.07, 6.45) is 3.14. The zero-order valence-corrected chi connectivity index (χ0v) is 18.1. The van der Waals surface area contributed by atoms with Crippen LogP contribution in [0, 0.1) is 0 Å². The summed E-state index contributed by atoms with van der Waals surface area (Å²) in [6, 6.07) is 21.8. The van der Waals surface area contributed by atoms with E-state index < -0.39 is 0 Å². The summed E-state index contributed by atoms with van der Waals surface area (Å²) >= 11 is 3.37. The molecule has 0 radical (unpaired) electrons. The number of halogens is 1. The van der Waals surface area contributed by atoms with Gasteiger partial charge in [-0.1, -0.05) is 58.4 Å². The summed E-state index contributed by atoms with van der Waals surface area (Å²) < 4.78 is 2.62. The van der Waals surface area contributed by atoms with Gasteiger partial charge in [0.15, 0.2) is 5.78 Å². The molecule has 6 nitrogen and oxygen atoms in total. The van der Waals surface area contributed by atoms with Gasteiger partial charge in [0, 0.05) is 22.1 Å². The Morgan fingerprint density at radius 1 is 0.871 bits per heavy atom. The van der Waals surface area contributed by atoms with Crippen molar-refractivity contribution in [3.8, 4) is 0 Å². The fourth-order valence-electron chi connectivity index (χ4n) is 3.28.